The Morgan fingerprint density at radius 1 is 1.11 bits per heavy atom. The normalized spacial score (nSPS) is 17.7. The summed E-state index contributed by atoms with van der Waals surface area (Å²) in [5.41, 5.74) is -1.64. The number of nitrogens with zero attached hydrogens (tertiary/aromatic N) is 2. The van der Waals surface area contributed by atoms with E-state index in [1.165, 1.54) is 36.4 Å². The zero-order chi connectivity index (χ0) is 25.5. The molecule has 1 aliphatic heterocycles. The van der Waals surface area contributed by atoms with E-state index in [2.05, 4.69) is 0 Å². The first kappa shape index (κ1) is 23.7. The first-order valence-corrected chi connectivity index (χ1v) is 10.2. The molecule has 1 aliphatic rings. The van der Waals surface area contributed by atoms with Gasteiger partial charge in [0.2, 0.25) is 0 Å². The molecule has 0 radical (unpaired) electrons. The first-order chi connectivity index (χ1) is 16.5. The van der Waals surface area contributed by atoms with Gasteiger partial charge in [0.25, 0.3) is 17.4 Å². The smallest absolute Gasteiger partial charge is 0.416 e. The molecule has 0 aliphatic carbocycles. The van der Waals surface area contributed by atoms with Gasteiger partial charge in [0.05, 0.1) is 16.1 Å². The summed E-state index contributed by atoms with van der Waals surface area (Å²) in [6, 6.07) is 10.9. The van der Waals surface area contributed by atoms with Crippen molar-refractivity contribution in [2.24, 2.45) is 0 Å². The molecule has 3 aromatic rings. The van der Waals surface area contributed by atoms with Crippen molar-refractivity contribution in [2.75, 3.05) is 0 Å². The van der Waals surface area contributed by atoms with Crippen LogP contribution >= 0.6 is 0 Å². The summed E-state index contributed by atoms with van der Waals surface area (Å²) in [4.78, 5) is 37.4. The molecular formula is C24H17F3N2O6. The van der Waals surface area contributed by atoms with Gasteiger partial charge in [0.1, 0.15) is 23.3 Å². The van der Waals surface area contributed by atoms with E-state index in [9.17, 15) is 38.0 Å². The highest BCUT2D eigenvalue weighted by atomic mass is 19.4. The number of furan rings is 1. The summed E-state index contributed by atoms with van der Waals surface area (Å²) in [5.74, 6) is -2.30. The van der Waals surface area contributed by atoms with Crippen molar-refractivity contribution >= 4 is 23.1 Å². The first-order valence-electron chi connectivity index (χ1n) is 10.2. The third kappa shape index (κ3) is 4.52. The quantitative estimate of drug-likeness (QED) is 0.176. The van der Waals surface area contributed by atoms with Crippen LogP contribution in [-0.2, 0) is 22.3 Å². The number of halogens is 3. The van der Waals surface area contributed by atoms with Crippen LogP contribution in [0.3, 0.4) is 0 Å². The van der Waals surface area contributed by atoms with Gasteiger partial charge in [-0.1, -0.05) is 24.3 Å². The number of aliphatic hydroxyl groups is 1. The molecule has 1 saturated heterocycles. The lowest BCUT2D eigenvalue weighted by molar-refractivity contribution is -0.384. The minimum absolute atomic E-state index is 0.0791. The Hall–Kier alpha value is -4.41. The molecule has 35 heavy (non-hydrogen) atoms. The summed E-state index contributed by atoms with van der Waals surface area (Å²) >= 11 is 0. The molecule has 0 saturated carbocycles. The third-order valence-electron chi connectivity index (χ3n) is 5.51. The number of hydrogen-bond donors (Lipinski definition) is 1. The molecule has 0 spiro atoms. The molecule has 11 heteroatoms. The van der Waals surface area contributed by atoms with Crippen LogP contribution < -0.4 is 0 Å². The fourth-order valence-electron chi connectivity index (χ4n) is 3.90. The molecule has 2 heterocycles. The Bertz CT molecular complexity index is 1380. The van der Waals surface area contributed by atoms with Crippen LogP contribution in [0.25, 0.3) is 5.76 Å². The number of alkyl halides is 3. The topological polar surface area (TPSA) is 114 Å². The molecule has 1 aromatic heterocycles. The number of aryl methyl sites for hydroxylation is 1. The van der Waals surface area contributed by atoms with Gasteiger partial charge >= 0.3 is 6.18 Å². The minimum Gasteiger partial charge on any atom is -0.507 e. The average molecular weight is 486 g/mol. The summed E-state index contributed by atoms with van der Waals surface area (Å²) in [7, 11) is 0. The van der Waals surface area contributed by atoms with Gasteiger partial charge in [-0.15, -0.1) is 0 Å². The maximum atomic E-state index is 13.2. The summed E-state index contributed by atoms with van der Waals surface area (Å²) in [6.07, 6.45) is -4.61. The minimum atomic E-state index is -4.61. The van der Waals surface area contributed by atoms with E-state index in [-0.39, 0.29) is 29.1 Å². The summed E-state index contributed by atoms with van der Waals surface area (Å²) < 4.78 is 45.1. The molecule has 1 amide bonds. The average Bonchev–Trinajstić information content (AvgIpc) is 3.34. The van der Waals surface area contributed by atoms with Crippen LogP contribution in [0.1, 0.15) is 34.3 Å². The molecule has 1 N–H and O–H groups in total. The predicted octanol–water partition coefficient (Wildman–Crippen LogP) is 5.14. The molecule has 1 atom stereocenters. The number of likely N-dealkylation sites (tertiary alicyclic amines) is 1. The lowest BCUT2D eigenvalue weighted by atomic mass is 9.99. The van der Waals surface area contributed by atoms with E-state index in [1.54, 1.807) is 13.0 Å². The van der Waals surface area contributed by atoms with Crippen LogP contribution in [0.2, 0.25) is 0 Å². The second kappa shape index (κ2) is 8.75. The number of benzene rings is 2. The highest BCUT2D eigenvalue weighted by Crippen LogP contribution is 2.41. The maximum absolute atomic E-state index is 13.2. The molecule has 1 unspecified atom stereocenters. The van der Waals surface area contributed by atoms with Crippen molar-refractivity contribution in [2.45, 2.75) is 25.7 Å². The number of aliphatic hydroxyl groups excluding tert-OH is 1. The van der Waals surface area contributed by atoms with Gasteiger partial charge in [-0.05, 0) is 36.8 Å². The Balaban J connectivity index is 1.84. The van der Waals surface area contributed by atoms with Gasteiger partial charge in [-0.2, -0.15) is 13.2 Å². The van der Waals surface area contributed by atoms with Crippen molar-refractivity contribution in [3.8, 4) is 0 Å². The molecule has 1 fully saturated rings. The number of rotatable bonds is 5. The van der Waals surface area contributed by atoms with E-state index < -0.39 is 45.7 Å². The van der Waals surface area contributed by atoms with E-state index in [4.69, 9.17) is 4.42 Å². The molecule has 2 aromatic carbocycles. The lowest BCUT2D eigenvalue weighted by Gasteiger charge is -2.23. The van der Waals surface area contributed by atoms with Crippen LogP contribution in [0.5, 0.6) is 0 Å². The Morgan fingerprint density at radius 2 is 1.83 bits per heavy atom. The van der Waals surface area contributed by atoms with Crippen LogP contribution in [-0.4, -0.2) is 26.6 Å². The number of carbonyl (C=O) groups excluding carboxylic acids is 2. The van der Waals surface area contributed by atoms with Crippen molar-refractivity contribution in [1.29, 1.82) is 0 Å². The maximum Gasteiger partial charge on any atom is 0.416 e. The summed E-state index contributed by atoms with van der Waals surface area (Å²) in [5, 5.41) is 22.1. The van der Waals surface area contributed by atoms with Crippen molar-refractivity contribution in [1.82, 2.24) is 4.90 Å². The number of non-ortho nitro benzene ring substituents is 1. The SMILES string of the molecule is Cc1ccc(C2/C(=C(/O)c3cccc([N+](=O)[O-])c3)C(=O)C(=O)N2Cc2cccc(C(F)(F)F)c2)o1. The van der Waals surface area contributed by atoms with Crippen molar-refractivity contribution in [3.05, 3.63) is 105 Å². The van der Waals surface area contributed by atoms with Crippen molar-refractivity contribution in [3.63, 3.8) is 0 Å². The van der Waals surface area contributed by atoms with Crippen molar-refractivity contribution < 1.29 is 37.2 Å². The van der Waals surface area contributed by atoms with E-state index >= 15 is 0 Å². The molecular weight excluding hydrogens is 469 g/mol. The lowest BCUT2D eigenvalue weighted by Crippen LogP contribution is -2.29. The molecule has 4 rings (SSSR count). The second-order valence-electron chi connectivity index (χ2n) is 7.88. The number of amides is 1. The highest BCUT2D eigenvalue weighted by molar-refractivity contribution is 6.46. The third-order valence-corrected chi connectivity index (χ3v) is 5.51. The number of nitro benzene ring substituents is 1. The Labute approximate surface area is 196 Å². The standard InChI is InChI=1S/C24H17F3N2O6/c1-13-8-9-18(35-13)20-19(21(30)15-5-3-7-17(11-15)29(33)34)22(31)23(32)28(20)12-14-4-2-6-16(10-14)24(25,26)27/h2-11,20,30H,12H2,1H3/b21-19-. The monoisotopic (exact) mass is 486 g/mol. The van der Waals surface area contributed by atoms with E-state index in [1.807, 2.05) is 0 Å². The number of carbonyl (C=O) groups is 2. The van der Waals surface area contributed by atoms with Crippen LogP contribution in [0.15, 0.2) is 70.7 Å². The zero-order valence-electron chi connectivity index (χ0n) is 18.1. The molecule has 180 valence electrons. The van der Waals surface area contributed by atoms with Gasteiger partial charge in [0.15, 0.2) is 0 Å². The number of hydrogen-bond acceptors (Lipinski definition) is 6. The highest BCUT2D eigenvalue weighted by Gasteiger charge is 2.47. The van der Waals surface area contributed by atoms with Gasteiger partial charge in [-0.3, -0.25) is 19.7 Å². The number of Topliss-reactive ketones (excluding diaryl/α,β-unsaturated/α-hetero) is 1. The van der Waals surface area contributed by atoms with Crippen LogP contribution in [0.4, 0.5) is 18.9 Å². The van der Waals surface area contributed by atoms with E-state index in [0.29, 0.717) is 5.76 Å². The number of nitro groups is 1. The van der Waals surface area contributed by atoms with Gasteiger partial charge in [-0.25, -0.2) is 0 Å². The predicted molar refractivity (Wildman–Crippen MR) is 116 cm³/mol. The van der Waals surface area contributed by atoms with Gasteiger partial charge in [0, 0.05) is 24.2 Å². The van der Waals surface area contributed by atoms with Crippen LogP contribution in [0, 0.1) is 17.0 Å². The Kier molecular flexibility index (Phi) is 5.93. The second-order valence-corrected chi connectivity index (χ2v) is 7.88. The van der Waals surface area contributed by atoms with E-state index in [0.717, 1.165) is 23.1 Å². The molecule has 0 bridgehead atoms. The summed E-state index contributed by atoms with van der Waals surface area (Å²) in [6.45, 7) is 1.23. The molecule has 8 nitrogen and oxygen atoms in total. The largest absolute Gasteiger partial charge is 0.507 e. The Morgan fingerprint density at radius 3 is 2.46 bits per heavy atom. The fraction of sp³-hybridized carbons (Fsp3) is 0.167. The fourth-order valence-corrected chi connectivity index (χ4v) is 3.90. The van der Waals surface area contributed by atoms with Gasteiger partial charge < -0.3 is 14.4 Å². The zero-order valence-corrected chi connectivity index (χ0v) is 18.1. The number of ketones is 1.